The van der Waals surface area contributed by atoms with E-state index in [1.807, 2.05) is 0 Å². The van der Waals surface area contributed by atoms with Gasteiger partial charge in [-0.25, -0.2) is 0 Å². The van der Waals surface area contributed by atoms with E-state index in [0.717, 1.165) is 51.9 Å². The maximum absolute atomic E-state index is 12.0. The predicted molar refractivity (Wildman–Crippen MR) is 201 cm³/mol. The van der Waals surface area contributed by atoms with Gasteiger partial charge in [-0.3, -0.25) is 9.59 Å². The first-order valence-corrected chi connectivity index (χ1v) is 21.2. The summed E-state index contributed by atoms with van der Waals surface area (Å²) in [6.07, 6.45) is 44.7. The Balaban J connectivity index is 0.000000460. The minimum absolute atomic E-state index is 0.410. The number of rotatable bonds is 28. The summed E-state index contributed by atoms with van der Waals surface area (Å²) in [5, 5.41) is 0. The summed E-state index contributed by atoms with van der Waals surface area (Å²) in [6, 6.07) is 0. The van der Waals surface area contributed by atoms with Crippen molar-refractivity contribution in [2.24, 2.45) is 0 Å². The minimum Gasteiger partial charge on any atom is -0.343 e. The Hall–Kier alpha value is -1.06. The van der Waals surface area contributed by atoms with Crippen molar-refractivity contribution in [3.05, 3.63) is 0 Å². The van der Waals surface area contributed by atoms with Crippen molar-refractivity contribution >= 4 is 11.8 Å². The van der Waals surface area contributed by atoms with Crippen molar-refractivity contribution in [1.29, 1.82) is 0 Å². The second-order valence-electron chi connectivity index (χ2n) is 14.9. The third kappa shape index (κ3) is 26.9. The molecule has 272 valence electrons. The van der Waals surface area contributed by atoms with Gasteiger partial charge in [-0.15, -0.1) is 0 Å². The third-order valence-electron chi connectivity index (χ3n) is 10.4. The molecule has 0 radical (unpaired) electrons. The highest BCUT2D eigenvalue weighted by atomic mass is 16.2. The summed E-state index contributed by atoms with van der Waals surface area (Å²) in [4.78, 5) is 28.2. The molecule has 0 aromatic carbocycles. The van der Waals surface area contributed by atoms with E-state index in [1.165, 1.54) is 193 Å². The molecule has 0 unspecified atom stereocenters. The van der Waals surface area contributed by atoms with Crippen molar-refractivity contribution in [2.45, 2.75) is 232 Å². The highest BCUT2D eigenvalue weighted by molar-refractivity contribution is 5.76. The summed E-state index contributed by atoms with van der Waals surface area (Å²) in [5.74, 6) is 0.820. The Bertz CT molecular complexity index is 598. The molecule has 2 amide bonds. The van der Waals surface area contributed by atoms with Crippen molar-refractivity contribution in [2.75, 3.05) is 26.2 Å². The Morgan fingerprint density at radius 1 is 0.326 bits per heavy atom. The number of hydrogen-bond donors (Lipinski definition) is 0. The summed E-state index contributed by atoms with van der Waals surface area (Å²) in [6.45, 7) is 8.61. The number of unbranched alkanes of at least 4 members (excludes halogenated alkanes) is 24. The van der Waals surface area contributed by atoms with Crippen LogP contribution in [0.5, 0.6) is 0 Å². The van der Waals surface area contributed by atoms with Gasteiger partial charge in [-0.2, -0.15) is 0 Å². The lowest BCUT2D eigenvalue weighted by atomic mass is 10.0. The summed E-state index contributed by atoms with van der Waals surface area (Å²) in [7, 11) is 0. The maximum Gasteiger partial charge on any atom is 0.222 e. The molecule has 0 spiro atoms. The first-order chi connectivity index (χ1) is 22.7. The Labute approximate surface area is 289 Å². The first kappa shape index (κ1) is 43.0. The van der Waals surface area contributed by atoms with Crippen LogP contribution in [0.4, 0.5) is 0 Å². The molecule has 2 heterocycles. The number of hydrogen-bond acceptors (Lipinski definition) is 2. The minimum atomic E-state index is 0.410. The van der Waals surface area contributed by atoms with Gasteiger partial charge in [-0.1, -0.05) is 168 Å². The number of likely N-dealkylation sites (tertiary alicyclic amines) is 2. The number of piperidine rings is 2. The molecule has 2 saturated heterocycles. The van der Waals surface area contributed by atoms with Crippen LogP contribution >= 0.6 is 0 Å². The second kappa shape index (κ2) is 33.8. The molecule has 2 aliphatic heterocycles. The van der Waals surface area contributed by atoms with Crippen molar-refractivity contribution in [3.8, 4) is 0 Å². The zero-order valence-electron chi connectivity index (χ0n) is 31.6. The van der Waals surface area contributed by atoms with Crippen LogP contribution in [0.2, 0.25) is 0 Å². The number of carbonyl (C=O) groups is 2. The van der Waals surface area contributed by atoms with E-state index < -0.39 is 0 Å². The van der Waals surface area contributed by atoms with Crippen LogP contribution in [-0.2, 0) is 9.59 Å². The monoisotopic (exact) mass is 647 g/mol. The van der Waals surface area contributed by atoms with Gasteiger partial charge in [0.1, 0.15) is 0 Å². The molecule has 2 rings (SSSR count). The number of nitrogens with zero attached hydrogens (tertiary/aromatic N) is 2. The van der Waals surface area contributed by atoms with Crippen LogP contribution in [0.1, 0.15) is 232 Å². The predicted octanol–water partition coefficient (Wildman–Crippen LogP) is 13.0. The van der Waals surface area contributed by atoms with Gasteiger partial charge in [-0.05, 0) is 51.4 Å². The molecule has 4 nitrogen and oxygen atoms in total. The molecule has 0 N–H and O–H groups in total. The average molecular weight is 647 g/mol. The van der Waals surface area contributed by atoms with Gasteiger partial charge < -0.3 is 9.80 Å². The van der Waals surface area contributed by atoms with Crippen LogP contribution < -0.4 is 0 Å². The topological polar surface area (TPSA) is 40.6 Å². The zero-order chi connectivity index (χ0) is 33.2. The quantitative estimate of drug-likeness (QED) is 0.0794. The number of carbonyl (C=O) groups excluding carboxylic acids is 2. The van der Waals surface area contributed by atoms with Crippen LogP contribution in [0.15, 0.2) is 0 Å². The molecule has 0 saturated carbocycles. The summed E-state index contributed by atoms with van der Waals surface area (Å²) >= 11 is 0. The average Bonchev–Trinajstić information content (AvgIpc) is 3.09. The SMILES string of the molecule is CCCCCCCCCCCCCCCC(=O)N1CCCCC1.CCCCCCCCCCCCCCCC(=O)N1CCCCC1. The van der Waals surface area contributed by atoms with E-state index in [1.54, 1.807) is 0 Å². The molecule has 2 fully saturated rings. The fourth-order valence-corrected chi connectivity index (χ4v) is 7.19. The smallest absolute Gasteiger partial charge is 0.222 e. The van der Waals surface area contributed by atoms with Crippen molar-refractivity contribution in [1.82, 2.24) is 9.80 Å². The Morgan fingerprint density at radius 2 is 0.543 bits per heavy atom. The van der Waals surface area contributed by atoms with Crippen LogP contribution in [0.3, 0.4) is 0 Å². The van der Waals surface area contributed by atoms with E-state index in [2.05, 4.69) is 23.6 Å². The Morgan fingerprint density at radius 3 is 0.783 bits per heavy atom. The van der Waals surface area contributed by atoms with E-state index >= 15 is 0 Å². The molecule has 0 aromatic heterocycles. The lowest BCUT2D eigenvalue weighted by molar-refractivity contribution is -0.133. The maximum atomic E-state index is 12.0. The van der Waals surface area contributed by atoms with E-state index in [-0.39, 0.29) is 0 Å². The molecular weight excluding hydrogens is 564 g/mol. The van der Waals surface area contributed by atoms with Gasteiger partial charge >= 0.3 is 0 Å². The van der Waals surface area contributed by atoms with Gasteiger partial charge in [0.2, 0.25) is 11.8 Å². The fourth-order valence-electron chi connectivity index (χ4n) is 7.19. The standard InChI is InChI=1S/2C21H41NO/c2*1-2-3-4-5-6-7-8-9-10-11-12-13-15-18-21(23)22-19-16-14-17-20-22/h2*2-20H2,1H3. The second-order valence-corrected chi connectivity index (χ2v) is 14.9. The molecule has 46 heavy (non-hydrogen) atoms. The molecule has 0 aromatic rings. The van der Waals surface area contributed by atoms with E-state index in [0.29, 0.717) is 11.8 Å². The highest BCUT2D eigenvalue weighted by Crippen LogP contribution is 2.16. The summed E-state index contributed by atoms with van der Waals surface area (Å²) in [5.41, 5.74) is 0. The van der Waals surface area contributed by atoms with Crippen LogP contribution in [0, 0.1) is 0 Å². The van der Waals surface area contributed by atoms with E-state index in [9.17, 15) is 9.59 Å². The van der Waals surface area contributed by atoms with Gasteiger partial charge in [0, 0.05) is 39.0 Å². The van der Waals surface area contributed by atoms with Gasteiger partial charge in [0.15, 0.2) is 0 Å². The zero-order valence-corrected chi connectivity index (χ0v) is 31.6. The number of amides is 2. The molecule has 2 aliphatic rings. The highest BCUT2D eigenvalue weighted by Gasteiger charge is 2.16. The van der Waals surface area contributed by atoms with Crippen molar-refractivity contribution < 1.29 is 9.59 Å². The van der Waals surface area contributed by atoms with Gasteiger partial charge in [0.05, 0.1) is 0 Å². The van der Waals surface area contributed by atoms with Crippen LogP contribution in [0.25, 0.3) is 0 Å². The van der Waals surface area contributed by atoms with Crippen molar-refractivity contribution in [3.63, 3.8) is 0 Å². The molecule has 0 bridgehead atoms. The van der Waals surface area contributed by atoms with E-state index in [4.69, 9.17) is 0 Å². The molecular formula is C42H82N2O2. The summed E-state index contributed by atoms with van der Waals surface area (Å²) < 4.78 is 0. The molecule has 4 heteroatoms. The lowest BCUT2D eigenvalue weighted by Gasteiger charge is -2.26. The third-order valence-corrected chi connectivity index (χ3v) is 10.4. The normalized spacial score (nSPS) is 15.1. The Kier molecular flexibility index (Phi) is 31.6. The van der Waals surface area contributed by atoms with Crippen LogP contribution in [-0.4, -0.2) is 47.8 Å². The first-order valence-electron chi connectivity index (χ1n) is 21.2. The molecule has 0 aliphatic carbocycles. The molecule has 0 atom stereocenters. The van der Waals surface area contributed by atoms with Gasteiger partial charge in [0.25, 0.3) is 0 Å². The fraction of sp³-hybridized carbons (Fsp3) is 0.952. The lowest BCUT2D eigenvalue weighted by Crippen LogP contribution is -2.35. The largest absolute Gasteiger partial charge is 0.343 e.